The van der Waals surface area contributed by atoms with Gasteiger partial charge in [-0.1, -0.05) is 0 Å². The number of halogens is 1. The Labute approximate surface area is 183 Å². The van der Waals surface area contributed by atoms with E-state index in [9.17, 15) is 18.9 Å². The number of hydrogen-bond acceptors (Lipinski definition) is 9. The van der Waals surface area contributed by atoms with E-state index in [-0.39, 0.29) is 13.0 Å². The predicted octanol–water partition coefficient (Wildman–Crippen LogP) is 0.390. The quantitative estimate of drug-likeness (QED) is 0.172. The zero-order valence-corrected chi connectivity index (χ0v) is 19.3. The molecular weight excluding hydrogens is 559 g/mol. The van der Waals surface area contributed by atoms with Gasteiger partial charge in [-0.2, -0.15) is 0 Å². The van der Waals surface area contributed by atoms with Crippen molar-refractivity contribution >= 4 is 55.2 Å². The smallest absolute Gasteiger partial charge is 0.373 e. The SMILES string of the molecule is CNc1nc(I)nc2c1ncn2[C@@H]1C[C@]2(COP(=O)(O)O)CO[C@H]1C2OP(=O)(O)O. The molecule has 1 unspecified atom stereocenters. The largest absolute Gasteiger partial charge is 0.469 e. The number of hydrogen-bond donors (Lipinski definition) is 5. The molecule has 0 radical (unpaired) electrons. The zero-order valence-electron chi connectivity index (χ0n) is 15.3. The van der Waals surface area contributed by atoms with Crippen LogP contribution in [0.15, 0.2) is 6.33 Å². The van der Waals surface area contributed by atoms with Crippen LogP contribution < -0.4 is 5.32 Å². The summed E-state index contributed by atoms with van der Waals surface area (Å²) in [4.78, 5) is 50.0. The van der Waals surface area contributed by atoms with Crippen LogP contribution in [-0.2, 0) is 22.9 Å². The Bertz CT molecular complexity index is 1070. The van der Waals surface area contributed by atoms with Gasteiger partial charge in [-0.3, -0.25) is 9.05 Å². The van der Waals surface area contributed by atoms with Crippen molar-refractivity contribution in [3.63, 3.8) is 0 Å². The Kier molecular flexibility index (Phi) is 5.76. The average molecular weight is 577 g/mol. The topological polar surface area (TPSA) is 198 Å². The van der Waals surface area contributed by atoms with Gasteiger partial charge in [0.25, 0.3) is 0 Å². The van der Waals surface area contributed by atoms with E-state index in [1.165, 1.54) is 6.33 Å². The summed E-state index contributed by atoms with van der Waals surface area (Å²) in [6.07, 6.45) is -0.251. The first-order valence-electron chi connectivity index (χ1n) is 8.56. The fraction of sp³-hybridized carbons (Fsp3) is 0.615. The van der Waals surface area contributed by atoms with E-state index in [1.807, 2.05) is 22.6 Å². The minimum atomic E-state index is -4.92. The Balaban J connectivity index is 1.74. The van der Waals surface area contributed by atoms with Crippen LogP contribution in [0.5, 0.6) is 0 Å². The van der Waals surface area contributed by atoms with Crippen molar-refractivity contribution in [3.8, 4) is 0 Å². The molecule has 0 aromatic carbocycles. The first-order valence-corrected chi connectivity index (χ1v) is 12.7. The van der Waals surface area contributed by atoms with Crippen LogP contribution >= 0.6 is 38.2 Å². The number of nitrogens with zero attached hydrogens (tertiary/aromatic N) is 4. The molecule has 4 atom stereocenters. The molecule has 2 aliphatic rings. The second-order valence-electron chi connectivity index (χ2n) is 7.11. The maximum absolute atomic E-state index is 11.6. The van der Waals surface area contributed by atoms with E-state index >= 15 is 0 Å². The third-order valence-electron chi connectivity index (χ3n) is 5.22. The van der Waals surface area contributed by atoms with Gasteiger partial charge in [-0.15, -0.1) is 0 Å². The molecule has 2 fully saturated rings. The molecular formula is C13H18IN5O9P2. The van der Waals surface area contributed by atoms with E-state index in [2.05, 4.69) is 24.8 Å². The lowest BCUT2D eigenvalue weighted by Gasteiger charge is -2.30. The van der Waals surface area contributed by atoms with Crippen molar-refractivity contribution in [3.05, 3.63) is 10.2 Å². The average Bonchev–Trinajstić information content (AvgIpc) is 3.27. The molecule has 17 heteroatoms. The summed E-state index contributed by atoms with van der Waals surface area (Å²) in [6.45, 7) is -0.546. The van der Waals surface area contributed by atoms with E-state index in [0.29, 0.717) is 20.8 Å². The van der Waals surface area contributed by atoms with Gasteiger partial charge >= 0.3 is 15.6 Å². The van der Waals surface area contributed by atoms with Crippen molar-refractivity contribution < 1.29 is 42.5 Å². The lowest BCUT2D eigenvalue weighted by molar-refractivity contribution is -0.00174. The monoisotopic (exact) mass is 577 g/mol. The summed E-state index contributed by atoms with van der Waals surface area (Å²) in [6, 6.07) is -0.518. The van der Waals surface area contributed by atoms with Crippen molar-refractivity contribution in [1.29, 1.82) is 0 Å². The fourth-order valence-electron chi connectivity index (χ4n) is 4.08. The molecule has 14 nitrogen and oxygen atoms in total. The van der Waals surface area contributed by atoms with Crippen LogP contribution in [0.4, 0.5) is 5.82 Å². The Morgan fingerprint density at radius 3 is 2.70 bits per heavy atom. The number of imidazole rings is 1. The molecule has 2 bridgehead atoms. The van der Waals surface area contributed by atoms with Gasteiger partial charge in [-0.05, 0) is 6.42 Å². The second kappa shape index (κ2) is 7.69. The van der Waals surface area contributed by atoms with Crippen LogP contribution in [0.3, 0.4) is 0 Å². The highest BCUT2D eigenvalue weighted by molar-refractivity contribution is 14.1. The van der Waals surface area contributed by atoms with Crippen molar-refractivity contribution in [2.75, 3.05) is 25.6 Å². The number of rotatable bonds is 7. The Morgan fingerprint density at radius 1 is 1.33 bits per heavy atom. The van der Waals surface area contributed by atoms with E-state index < -0.39 is 45.9 Å². The van der Waals surface area contributed by atoms with Crippen LogP contribution in [0.25, 0.3) is 11.2 Å². The lowest BCUT2D eigenvalue weighted by Crippen LogP contribution is -2.36. The van der Waals surface area contributed by atoms with Crippen molar-refractivity contribution in [2.45, 2.75) is 24.7 Å². The number of ether oxygens (including phenoxy) is 1. The van der Waals surface area contributed by atoms with Gasteiger partial charge in [-0.25, -0.2) is 24.1 Å². The highest BCUT2D eigenvalue weighted by Gasteiger charge is 2.63. The molecule has 166 valence electrons. The van der Waals surface area contributed by atoms with Crippen molar-refractivity contribution in [1.82, 2.24) is 19.5 Å². The lowest BCUT2D eigenvalue weighted by atomic mass is 9.87. The second-order valence-corrected chi connectivity index (χ2v) is 10.5. The van der Waals surface area contributed by atoms with E-state index in [4.69, 9.17) is 19.0 Å². The van der Waals surface area contributed by atoms with Gasteiger partial charge in [0, 0.05) is 35.1 Å². The molecule has 4 rings (SSSR count). The van der Waals surface area contributed by atoms with Crippen LogP contribution in [0.2, 0.25) is 0 Å². The molecule has 30 heavy (non-hydrogen) atoms. The summed E-state index contributed by atoms with van der Waals surface area (Å²) < 4.78 is 40.4. The van der Waals surface area contributed by atoms with Gasteiger partial charge in [0.1, 0.15) is 12.2 Å². The minimum absolute atomic E-state index is 0.0419. The van der Waals surface area contributed by atoms with E-state index in [0.717, 1.165) is 0 Å². The highest BCUT2D eigenvalue weighted by atomic mass is 127. The van der Waals surface area contributed by atoms with Gasteiger partial charge in [0.15, 0.2) is 20.8 Å². The minimum Gasteiger partial charge on any atom is -0.373 e. The maximum atomic E-state index is 11.6. The third-order valence-corrected chi connectivity index (χ3v) is 6.67. The number of phosphoric ester groups is 2. The first-order chi connectivity index (χ1) is 13.9. The van der Waals surface area contributed by atoms with Gasteiger partial charge in [0.2, 0.25) is 0 Å². The third kappa shape index (κ3) is 4.16. The standard InChI is InChI=1S/C13H18IN5O9P2/c1-15-10-7-11(18-12(14)17-10)19(5-16-7)6-2-13(4-27-29(20,21)22)3-26-8(6)9(13)28-30(23,24)25/h5-6,8-9H,2-4H2,1H3,(H,15,17,18)(H2,20,21,22)(H2,23,24,25)/t6-,8-,9?,13-/m1/s1. The van der Waals surface area contributed by atoms with E-state index in [1.54, 1.807) is 11.6 Å². The Morgan fingerprint density at radius 2 is 2.07 bits per heavy atom. The van der Waals surface area contributed by atoms with Crippen molar-refractivity contribution in [2.24, 2.45) is 5.41 Å². The zero-order chi connectivity index (χ0) is 21.9. The van der Waals surface area contributed by atoms with Gasteiger partial charge in [0.05, 0.1) is 25.6 Å². The first kappa shape index (κ1) is 22.5. The summed E-state index contributed by atoms with van der Waals surface area (Å²) in [5.41, 5.74) is -0.213. The molecule has 2 aromatic rings. The molecule has 1 saturated carbocycles. The molecule has 1 aliphatic carbocycles. The molecule has 1 aliphatic heterocycles. The van der Waals surface area contributed by atoms with Crippen LogP contribution in [0.1, 0.15) is 12.5 Å². The molecule has 5 N–H and O–H groups in total. The van der Waals surface area contributed by atoms with Gasteiger partial charge < -0.3 is 34.2 Å². The molecule has 2 aromatic heterocycles. The van der Waals surface area contributed by atoms with Crippen LogP contribution in [0, 0.1) is 9.25 Å². The number of aromatic nitrogens is 4. The number of phosphoric acid groups is 2. The number of fused-ring (bicyclic) bond motifs is 3. The molecule has 3 heterocycles. The Hall–Kier alpha value is -0.740. The summed E-state index contributed by atoms with van der Waals surface area (Å²) >= 11 is 1.96. The number of nitrogens with one attached hydrogen (secondary N) is 1. The summed E-state index contributed by atoms with van der Waals surface area (Å²) in [5.74, 6) is 0.509. The number of anilines is 1. The predicted molar refractivity (Wildman–Crippen MR) is 108 cm³/mol. The molecule has 0 amide bonds. The summed E-state index contributed by atoms with van der Waals surface area (Å²) in [5, 5.41) is 2.94. The molecule has 0 spiro atoms. The fourth-order valence-corrected chi connectivity index (χ4v) is 5.61. The highest BCUT2D eigenvalue weighted by Crippen LogP contribution is 2.59. The summed E-state index contributed by atoms with van der Waals surface area (Å²) in [7, 11) is -8.05. The maximum Gasteiger partial charge on any atom is 0.469 e. The van der Waals surface area contributed by atoms with Crippen LogP contribution in [-0.4, -0.2) is 71.6 Å². The normalized spacial score (nSPS) is 29.1. The molecule has 1 saturated heterocycles.